The van der Waals surface area contributed by atoms with E-state index in [1.807, 2.05) is 13.0 Å². The van der Waals surface area contributed by atoms with Crippen LogP contribution in [0.3, 0.4) is 0 Å². The summed E-state index contributed by atoms with van der Waals surface area (Å²) in [5.41, 5.74) is 1.82. The Morgan fingerprint density at radius 1 is 1.05 bits per heavy atom. The van der Waals surface area contributed by atoms with E-state index < -0.39 is 0 Å². The maximum Gasteiger partial charge on any atom is 0.127 e. The fourth-order valence-corrected chi connectivity index (χ4v) is 2.59. The molecule has 0 spiro atoms. The second-order valence-corrected chi connectivity index (χ2v) is 6.66. The summed E-state index contributed by atoms with van der Waals surface area (Å²) in [4.78, 5) is 4.61. The van der Waals surface area contributed by atoms with E-state index in [9.17, 15) is 0 Å². The van der Waals surface area contributed by atoms with Gasteiger partial charge in [-0.25, -0.2) is 4.98 Å². The molecule has 2 rings (SSSR count). The highest BCUT2D eigenvalue weighted by Gasteiger charge is 2.21. The first-order chi connectivity index (χ1) is 8.82. The molecule has 1 heterocycles. The van der Waals surface area contributed by atoms with E-state index in [0.29, 0.717) is 22.0 Å². The van der Waals surface area contributed by atoms with Crippen LogP contribution in [0.15, 0.2) is 12.1 Å². The molecule has 0 saturated heterocycles. The third-order valence-electron chi connectivity index (χ3n) is 3.49. The largest absolute Gasteiger partial charge is 0.324 e. The molecule has 104 valence electrons. The van der Waals surface area contributed by atoms with E-state index in [-0.39, 0.29) is 5.38 Å². The predicted octanol–water partition coefficient (Wildman–Crippen LogP) is 5.86. The van der Waals surface area contributed by atoms with Gasteiger partial charge in [0.2, 0.25) is 0 Å². The third-order valence-corrected chi connectivity index (χ3v) is 4.40. The number of hydrogen-bond acceptors (Lipinski definition) is 1. The molecular formula is C14H17Cl3N2. The highest BCUT2D eigenvalue weighted by atomic mass is 35.5. The number of hydrogen-bond donors (Lipinski definition) is 0. The molecule has 0 radical (unpaired) electrons. The Labute approximate surface area is 128 Å². The average molecular weight is 320 g/mol. The minimum Gasteiger partial charge on any atom is -0.324 e. The minimum atomic E-state index is -0.161. The van der Waals surface area contributed by atoms with Gasteiger partial charge in [0.05, 0.1) is 26.5 Å². The van der Waals surface area contributed by atoms with Crippen molar-refractivity contribution in [2.75, 3.05) is 0 Å². The zero-order valence-electron chi connectivity index (χ0n) is 11.4. The Bertz CT molecular complexity index is 602. The molecule has 2 unspecified atom stereocenters. The molecule has 1 aromatic carbocycles. The molecule has 0 aliphatic rings. The lowest BCUT2D eigenvalue weighted by atomic mass is 10.1. The monoisotopic (exact) mass is 318 g/mol. The van der Waals surface area contributed by atoms with Crippen LogP contribution in [0.2, 0.25) is 10.0 Å². The van der Waals surface area contributed by atoms with Gasteiger partial charge in [-0.15, -0.1) is 11.6 Å². The smallest absolute Gasteiger partial charge is 0.127 e. The van der Waals surface area contributed by atoms with Crippen molar-refractivity contribution in [3.8, 4) is 0 Å². The quantitative estimate of drug-likeness (QED) is 0.648. The topological polar surface area (TPSA) is 17.8 Å². The highest BCUT2D eigenvalue weighted by molar-refractivity contribution is 6.42. The van der Waals surface area contributed by atoms with Gasteiger partial charge in [-0.05, 0) is 31.9 Å². The van der Waals surface area contributed by atoms with Crippen LogP contribution in [0.5, 0.6) is 0 Å². The molecule has 1 aromatic heterocycles. The zero-order valence-corrected chi connectivity index (χ0v) is 13.7. The molecule has 2 aromatic rings. The van der Waals surface area contributed by atoms with Crippen LogP contribution in [0.25, 0.3) is 11.0 Å². The lowest BCUT2D eigenvalue weighted by Gasteiger charge is -2.22. The minimum absolute atomic E-state index is 0.161. The Morgan fingerprint density at radius 3 is 2.16 bits per heavy atom. The molecule has 0 amide bonds. The van der Waals surface area contributed by atoms with E-state index in [1.165, 1.54) is 0 Å². The molecule has 19 heavy (non-hydrogen) atoms. The maximum absolute atomic E-state index is 6.26. The van der Waals surface area contributed by atoms with Crippen LogP contribution in [0.1, 0.15) is 44.9 Å². The maximum atomic E-state index is 6.26. The Kier molecular flexibility index (Phi) is 4.34. The molecule has 0 aliphatic heterocycles. The van der Waals surface area contributed by atoms with Crippen LogP contribution in [0.4, 0.5) is 0 Å². The van der Waals surface area contributed by atoms with Crippen molar-refractivity contribution in [2.24, 2.45) is 5.92 Å². The number of halogens is 3. The number of fused-ring (bicyclic) bond motifs is 1. The van der Waals surface area contributed by atoms with Gasteiger partial charge in [-0.1, -0.05) is 37.0 Å². The number of aromatic nitrogens is 2. The van der Waals surface area contributed by atoms with E-state index in [4.69, 9.17) is 34.8 Å². The average Bonchev–Trinajstić information content (AvgIpc) is 2.67. The lowest BCUT2D eigenvalue weighted by molar-refractivity contribution is 0.405. The van der Waals surface area contributed by atoms with Crippen molar-refractivity contribution in [1.29, 1.82) is 0 Å². The first kappa shape index (κ1) is 15.0. The molecular weight excluding hydrogens is 303 g/mol. The molecule has 0 N–H and O–H groups in total. The van der Waals surface area contributed by atoms with E-state index in [0.717, 1.165) is 16.9 Å². The van der Waals surface area contributed by atoms with Gasteiger partial charge >= 0.3 is 0 Å². The molecule has 0 aliphatic carbocycles. The van der Waals surface area contributed by atoms with E-state index in [1.54, 1.807) is 6.07 Å². The van der Waals surface area contributed by atoms with Gasteiger partial charge in [0.1, 0.15) is 5.82 Å². The Hall–Kier alpha value is -0.440. The molecule has 0 saturated carbocycles. The van der Waals surface area contributed by atoms with Crippen LogP contribution in [-0.4, -0.2) is 9.55 Å². The first-order valence-electron chi connectivity index (χ1n) is 6.33. The van der Waals surface area contributed by atoms with Gasteiger partial charge < -0.3 is 4.57 Å². The SMILES string of the molecule is CC(Cl)c1nc2cc(Cl)c(Cl)cc2n1C(C)C(C)C. The second kappa shape index (κ2) is 5.51. The summed E-state index contributed by atoms with van der Waals surface area (Å²) in [5.74, 6) is 1.33. The van der Waals surface area contributed by atoms with Crippen LogP contribution in [0, 0.1) is 5.92 Å². The summed E-state index contributed by atoms with van der Waals surface area (Å²) >= 11 is 18.4. The number of alkyl halides is 1. The number of benzene rings is 1. The normalized spacial score (nSPS) is 15.2. The predicted molar refractivity (Wildman–Crippen MR) is 83.6 cm³/mol. The van der Waals surface area contributed by atoms with Crippen molar-refractivity contribution in [2.45, 2.75) is 39.1 Å². The molecule has 2 atom stereocenters. The van der Waals surface area contributed by atoms with Gasteiger partial charge in [-0.3, -0.25) is 0 Å². The molecule has 5 heteroatoms. The molecule has 0 bridgehead atoms. The summed E-state index contributed by atoms with van der Waals surface area (Å²) in [5, 5.41) is 0.899. The fraction of sp³-hybridized carbons (Fsp3) is 0.500. The van der Waals surface area contributed by atoms with Crippen LogP contribution >= 0.6 is 34.8 Å². The zero-order chi connectivity index (χ0) is 14.3. The number of nitrogens with zero attached hydrogens (tertiary/aromatic N) is 2. The summed E-state index contributed by atoms with van der Waals surface area (Å²) in [6, 6.07) is 3.96. The van der Waals surface area contributed by atoms with Crippen molar-refractivity contribution in [1.82, 2.24) is 9.55 Å². The van der Waals surface area contributed by atoms with Crippen molar-refractivity contribution in [3.05, 3.63) is 28.0 Å². The summed E-state index contributed by atoms with van der Waals surface area (Å²) in [6.45, 7) is 8.44. The lowest BCUT2D eigenvalue weighted by Crippen LogP contribution is -2.14. The molecule has 0 fully saturated rings. The van der Waals surface area contributed by atoms with E-state index >= 15 is 0 Å². The third kappa shape index (κ3) is 2.72. The van der Waals surface area contributed by atoms with Gasteiger partial charge in [-0.2, -0.15) is 0 Å². The molecule has 2 nitrogen and oxygen atoms in total. The fourth-order valence-electron chi connectivity index (χ4n) is 2.12. The van der Waals surface area contributed by atoms with Gasteiger partial charge in [0.15, 0.2) is 0 Å². The second-order valence-electron chi connectivity index (χ2n) is 5.20. The standard InChI is InChI=1S/C14H17Cl3N2/c1-7(2)9(4)19-13-6-11(17)10(16)5-12(13)18-14(19)8(3)15/h5-9H,1-4H3. The Morgan fingerprint density at radius 2 is 1.63 bits per heavy atom. The Balaban J connectivity index is 2.76. The number of rotatable bonds is 3. The van der Waals surface area contributed by atoms with Crippen molar-refractivity contribution < 1.29 is 0 Å². The first-order valence-corrected chi connectivity index (χ1v) is 7.53. The van der Waals surface area contributed by atoms with Gasteiger partial charge in [0, 0.05) is 6.04 Å². The highest BCUT2D eigenvalue weighted by Crippen LogP contribution is 2.34. The van der Waals surface area contributed by atoms with E-state index in [2.05, 4.69) is 30.3 Å². The summed E-state index contributed by atoms with van der Waals surface area (Å²) < 4.78 is 2.17. The van der Waals surface area contributed by atoms with Crippen LogP contribution in [-0.2, 0) is 0 Å². The number of imidazole rings is 1. The van der Waals surface area contributed by atoms with Gasteiger partial charge in [0.25, 0.3) is 0 Å². The summed E-state index contributed by atoms with van der Waals surface area (Å²) in [6.07, 6.45) is 0. The van der Waals surface area contributed by atoms with Crippen molar-refractivity contribution in [3.63, 3.8) is 0 Å². The summed E-state index contributed by atoms with van der Waals surface area (Å²) in [7, 11) is 0. The van der Waals surface area contributed by atoms with Crippen molar-refractivity contribution >= 4 is 45.8 Å². The van der Waals surface area contributed by atoms with Crippen LogP contribution < -0.4 is 0 Å².